The van der Waals surface area contributed by atoms with E-state index in [1.807, 2.05) is 24.3 Å². The second-order valence-corrected chi connectivity index (χ2v) is 10.4. The van der Waals surface area contributed by atoms with E-state index in [0.29, 0.717) is 16.3 Å². The molecular formula is C24H24ClN3O2S. The summed E-state index contributed by atoms with van der Waals surface area (Å²) >= 11 is 5.93. The number of aliphatic hydroxyl groups is 1. The lowest BCUT2D eigenvalue weighted by Crippen LogP contribution is -2.49. The van der Waals surface area contributed by atoms with Crippen LogP contribution in [0.5, 0.6) is 0 Å². The summed E-state index contributed by atoms with van der Waals surface area (Å²) < 4.78 is 26.7. The van der Waals surface area contributed by atoms with E-state index >= 15 is 0 Å². The average Bonchev–Trinajstić information content (AvgIpc) is 3.10. The van der Waals surface area contributed by atoms with Crippen LogP contribution in [0.1, 0.15) is 25.3 Å². The van der Waals surface area contributed by atoms with Crippen molar-refractivity contribution in [2.75, 3.05) is 0 Å². The number of para-hydroxylation sites is 2. The molecule has 3 N–H and O–H groups in total. The van der Waals surface area contributed by atoms with Crippen LogP contribution in [0.15, 0.2) is 77.7 Å². The van der Waals surface area contributed by atoms with E-state index in [2.05, 4.69) is 33.6 Å². The van der Waals surface area contributed by atoms with Crippen LogP contribution in [0.2, 0.25) is 5.02 Å². The largest absolute Gasteiger partial charge is 0.389 e. The number of rotatable bonds is 4. The maximum Gasteiger partial charge on any atom is 0.134 e. The lowest BCUT2D eigenvalue weighted by atomic mass is 9.88. The fourth-order valence-electron chi connectivity index (χ4n) is 4.78. The van der Waals surface area contributed by atoms with Gasteiger partial charge in [-0.3, -0.25) is 0 Å². The molecule has 1 saturated carbocycles. The van der Waals surface area contributed by atoms with E-state index < -0.39 is 22.1 Å². The van der Waals surface area contributed by atoms with Crippen molar-refractivity contribution in [2.24, 2.45) is 0 Å². The van der Waals surface area contributed by atoms with Crippen LogP contribution < -0.4 is 4.72 Å². The molecule has 5 nitrogen and oxygen atoms in total. The number of halogens is 1. The van der Waals surface area contributed by atoms with Gasteiger partial charge < -0.3 is 9.67 Å². The first-order chi connectivity index (χ1) is 15.0. The highest BCUT2D eigenvalue weighted by atomic mass is 35.5. The quantitative estimate of drug-likeness (QED) is 0.380. The molecule has 0 radical (unpaired) electrons. The van der Waals surface area contributed by atoms with E-state index in [0.717, 1.165) is 34.6 Å². The Morgan fingerprint density at radius 3 is 2.13 bits per heavy atom. The van der Waals surface area contributed by atoms with Crippen molar-refractivity contribution >= 4 is 43.3 Å². The molecule has 4 atom stereocenters. The Bertz CT molecular complexity index is 1300. The Labute approximate surface area is 186 Å². The van der Waals surface area contributed by atoms with Crippen LogP contribution >= 0.6 is 11.6 Å². The number of nitrogens with zero attached hydrogens (tertiary/aromatic N) is 1. The lowest BCUT2D eigenvalue weighted by Gasteiger charge is -2.37. The number of hydrogen-bond donors (Lipinski definition) is 3. The number of fused-ring (bicyclic) bond motifs is 3. The number of hydrogen-bond acceptors (Lipinski definition) is 3. The van der Waals surface area contributed by atoms with Gasteiger partial charge in [0, 0.05) is 32.9 Å². The molecule has 0 spiro atoms. The first-order valence-electron chi connectivity index (χ1n) is 10.4. The standard InChI is InChI=1S/C24H24ClN3O2S/c25-16-12-14-17(15-13-16)31(26,30)27-20-8-5-11-23(24(20)29)28-21-9-3-1-6-18(21)19-7-2-4-10-22(19)28/h1-4,6-7,9-10,12-15,20,23-24,29H,5,8,11H2,(H2,26,27,30). The number of benzene rings is 3. The molecule has 4 aromatic rings. The molecule has 1 heterocycles. The summed E-state index contributed by atoms with van der Waals surface area (Å²) in [4.78, 5) is 0.364. The van der Waals surface area contributed by atoms with Gasteiger partial charge in [-0.15, -0.1) is 0 Å². The summed E-state index contributed by atoms with van der Waals surface area (Å²) in [6.07, 6.45) is 1.59. The molecule has 4 unspecified atom stereocenters. The average molecular weight is 454 g/mol. The summed E-state index contributed by atoms with van der Waals surface area (Å²) in [6, 6.07) is 22.3. The predicted molar refractivity (Wildman–Crippen MR) is 126 cm³/mol. The number of aromatic nitrogens is 1. The minimum atomic E-state index is -3.26. The van der Waals surface area contributed by atoms with Gasteiger partial charge in [0.1, 0.15) is 9.92 Å². The third-order valence-electron chi connectivity index (χ3n) is 6.23. The second kappa shape index (κ2) is 7.95. The highest BCUT2D eigenvalue weighted by molar-refractivity contribution is 7.90. The fourth-order valence-corrected chi connectivity index (χ4v) is 6.25. The normalized spacial score (nSPS) is 23.7. The number of aliphatic hydroxyl groups excluding tert-OH is 1. The minimum Gasteiger partial charge on any atom is -0.389 e. The summed E-state index contributed by atoms with van der Waals surface area (Å²) in [6.45, 7) is 0. The highest BCUT2D eigenvalue weighted by Gasteiger charge is 2.36. The molecule has 1 aliphatic rings. The molecule has 0 bridgehead atoms. The van der Waals surface area contributed by atoms with Gasteiger partial charge in [-0.1, -0.05) is 48.0 Å². The van der Waals surface area contributed by atoms with Crippen molar-refractivity contribution in [1.82, 2.24) is 9.29 Å². The molecule has 0 aliphatic heterocycles. The molecular weight excluding hydrogens is 430 g/mol. The number of nitrogens with one attached hydrogen (secondary N) is 2. The van der Waals surface area contributed by atoms with Crippen LogP contribution in [0, 0.1) is 4.78 Å². The molecule has 3 aromatic carbocycles. The molecule has 1 aromatic heterocycles. The van der Waals surface area contributed by atoms with Gasteiger partial charge in [-0.25, -0.2) is 13.7 Å². The Hall–Kier alpha value is -2.38. The molecule has 1 fully saturated rings. The van der Waals surface area contributed by atoms with Crippen LogP contribution in [0.25, 0.3) is 21.8 Å². The minimum absolute atomic E-state index is 0.170. The molecule has 7 heteroatoms. The zero-order valence-electron chi connectivity index (χ0n) is 16.9. The van der Waals surface area contributed by atoms with Gasteiger partial charge in [0.05, 0.1) is 17.0 Å². The summed E-state index contributed by atoms with van der Waals surface area (Å²) in [5.74, 6) is 0. The van der Waals surface area contributed by atoms with Gasteiger partial charge >= 0.3 is 0 Å². The van der Waals surface area contributed by atoms with E-state index in [4.69, 9.17) is 16.4 Å². The zero-order valence-corrected chi connectivity index (χ0v) is 18.4. The van der Waals surface area contributed by atoms with Crippen molar-refractivity contribution in [3.05, 3.63) is 77.8 Å². The zero-order chi connectivity index (χ0) is 21.6. The van der Waals surface area contributed by atoms with E-state index in [-0.39, 0.29) is 6.04 Å². The molecule has 160 valence electrons. The third kappa shape index (κ3) is 3.64. The van der Waals surface area contributed by atoms with E-state index in [9.17, 15) is 9.32 Å². The van der Waals surface area contributed by atoms with Crippen LogP contribution in [0.3, 0.4) is 0 Å². The van der Waals surface area contributed by atoms with Gasteiger partial charge in [-0.05, 0) is 55.7 Å². The van der Waals surface area contributed by atoms with Crippen LogP contribution in [0.4, 0.5) is 0 Å². The molecule has 5 rings (SSSR count). The van der Waals surface area contributed by atoms with Gasteiger partial charge in [0.2, 0.25) is 0 Å². The summed E-state index contributed by atoms with van der Waals surface area (Å²) in [5, 5.41) is 14.2. The van der Waals surface area contributed by atoms with Crippen molar-refractivity contribution < 1.29 is 9.32 Å². The Morgan fingerprint density at radius 2 is 1.52 bits per heavy atom. The van der Waals surface area contributed by atoms with Crippen molar-refractivity contribution in [2.45, 2.75) is 42.3 Å². The second-order valence-electron chi connectivity index (χ2n) is 8.13. The van der Waals surface area contributed by atoms with Crippen molar-refractivity contribution in [3.63, 3.8) is 0 Å². The molecule has 31 heavy (non-hydrogen) atoms. The fraction of sp³-hybridized carbons (Fsp3) is 0.250. The van der Waals surface area contributed by atoms with E-state index in [1.165, 1.54) is 0 Å². The maximum absolute atomic E-state index is 13.1. The first-order valence-corrected chi connectivity index (χ1v) is 12.4. The van der Waals surface area contributed by atoms with Gasteiger partial charge in [0.15, 0.2) is 0 Å². The lowest BCUT2D eigenvalue weighted by molar-refractivity contribution is 0.0550. The monoisotopic (exact) mass is 453 g/mol. The SMILES string of the molecule is N=S(=O)(NC1CCCC(n2c3ccccc3c3ccccc32)C1O)c1ccc(Cl)cc1. The van der Waals surface area contributed by atoms with E-state index in [1.54, 1.807) is 24.3 Å². The molecule has 0 amide bonds. The highest BCUT2D eigenvalue weighted by Crippen LogP contribution is 2.38. The predicted octanol–water partition coefficient (Wildman–Crippen LogP) is 5.51. The van der Waals surface area contributed by atoms with Gasteiger partial charge in [0.25, 0.3) is 0 Å². The third-order valence-corrected chi connectivity index (χ3v) is 8.06. The van der Waals surface area contributed by atoms with Gasteiger partial charge in [-0.2, -0.15) is 0 Å². The summed E-state index contributed by atoms with van der Waals surface area (Å²) in [7, 11) is -3.26. The van der Waals surface area contributed by atoms with Crippen molar-refractivity contribution in [1.29, 1.82) is 4.78 Å². The molecule has 1 aliphatic carbocycles. The molecule has 0 saturated heterocycles. The summed E-state index contributed by atoms with van der Waals surface area (Å²) in [5.41, 5.74) is 2.16. The Morgan fingerprint density at radius 1 is 0.935 bits per heavy atom. The first kappa shape index (κ1) is 20.5. The van der Waals surface area contributed by atoms with Crippen molar-refractivity contribution in [3.8, 4) is 0 Å². The Kier molecular flexibility index (Phi) is 5.26. The smallest absolute Gasteiger partial charge is 0.134 e. The van der Waals surface area contributed by atoms with Crippen LogP contribution in [-0.2, 0) is 9.92 Å². The maximum atomic E-state index is 13.1. The van der Waals surface area contributed by atoms with Crippen LogP contribution in [-0.4, -0.2) is 26.0 Å². The topological polar surface area (TPSA) is 78.1 Å². The Balaban J connectivity index is 1.51.